The molecule has 25 heavy (non-hydrogen) atoms. The van der Waals surface area contributed by atoms with Crippen molar-refractivity contribution in [1.29, 1.82) is 0 Å². The molecule has 2 fully saturated rings. The van der Waals surface area contributed by atoms with Crippen molar-refractivity contribution >= 4 is 11.8 Å². The van der Waals surface area contributed by atoms with Crippen LogP contribution in [0.5, 0.6) is 0 Å². The van der Waals surface area contributed by atoms with Gasteiger partial charge in [-0.15, -0.1) is 0 Å². The first-order valence-electron chi connectivity index (χ1n) is 9.75. The highest BCUT2D eigenvalue weighted by Crippen LogP contribution is 2.28. The molecule has 1 aliphatic heterocycles. The number of nitrogens with zero attached hydrogens (tertiary/aromatic N) is 3. The molecule has 0 spiro atoms. The summed E-state index contributed by atoms with van der Waals surface area (Å²) < 4.78 is 1.95. The van der Waals surface area contributed by atoms with Gasteiger partial charge >= 0.3 is 0 Å². The molecule has 2 amide bonds. The predicted molar refractivity (Wildman–Crippen MR) is 96.1 cm³/mol. The fourth-order valence-corrected chi connectivity index (χ4v) is 3.97. The molecule has 2 aliphatic rings. The van der Waals surface area contributed by atoms with Gasteiger partial charge in [-0.1, -0.05) is 12.8 Å². The maximum absolute atomic E-state index is 12.4. The molecule has 2 heterocycles. The summed E-state index contributed by atoms with van der Waals surface area (Å²) >= 11 is 0. The average molecular weight is 346 g/mol. The molecule has 6 heteroatoms. The Morgan fingerprint density at radius 2 is 1.88 bits per heavy atom. The summed E-state index contributed by atoms with van der Waals surface area (Å²) in [5.74, 6) is 0.640. The number of aryl methyl sites for hydroxylation is 1. The molecule has 6 nitrogen and oxygen atoms in total. The van der Waals surface area contributed by atoms with Crippen LogP contribution < -0.4 is 5.32 Å². The van der Waals surface area contributed by atoms with Crippen molar-refractivity contribution in [1.82, 2.24) is 20.0 Å². The molecule has 1 aromatic heterocycles. The first-order chi connectivity index (χ1) is 12.2. The largest absolute Gasteiger partial charge is 0.353 e. The van der Waals surface area contributed by atoms with Gasteiger partial charge < -0.3 is 10.2 Å². The van der Waals surface area contributed by atoms with E-state index in [-0.39, 0.29) is 11.8 Å². The second-order valence-corrected chi connectivity index (χ2v) is 7.33. The van der Waals surface area contributed by atoms with Crippen molar-refractivity contribution in [3.8, 4) is 0 Å². The van der Waals surface area contributed by atoms with Crippen LogP contribution in [0.15, 0.2) is 12.4 Å². The number of hydrogen-bond donors (Lipinski definition) is 1. The maximum Gasteiger partial charge on any atom is 0.223 e. The summed E-state index contributed by atoms with van der Waals surface area (Å²) in [5.41, 5.74) is 1.28. The summed E-state index contributed by atoms with van der Waals surface area (Å²) in [7, 11) is 0. The van der Waals surface area contributed by atoms with Gasteiger partial charge in [-0.3, -0.25) is 14.3 Å². The van der Waals surface area contributed by atoms with Crippen molar-refractivity contribution in [3.05, 3.63) is 18.0 Å². The number of carbonyl (C=O) groups excluding carboxylic acids is 2. The third-order valence-electron chi connectivity index (χ3n) is 5.58. The molecule has 1 aliphatic carbocycles. The summed E-state index contributed by atoms with van der Waals surface area (Å²) in [5, 5.41) is 7.40. The first-order valence-corrected chi connectivity index (χ1v) is 9.75. The smallest absolute Gasteiger partial charge is 0.223 e. The van der Waals surface area contributed by atoms with Crippen LogP contribution in [0.4, 0.5) is 0 Å². The quantitative estimate of drug-likeness (QED) is 0.860. The van der Waals surface area contributed by atoms with Gasteiger partial charge in [0.15, 0.2) is 0 Å². The Hall–Kier alpha value is -1.85. The molecule has 138 valence electrons. The number of nitrogens with one attached hydrogen (secondary N) is 1. The lowest BCUT2D eigenvalue weighted by molar-refractivity contribution is -0.134. The van der Waals surface area contributed by atoms with E-state index in [1.807, 2.05) is 15.8 Å². The van der Waals surface area contributed by atoms with Crippen LogP contribution in [-0.2, 0) is 16.1 Å². The Bertz CT molecular complexity index is 584. The first kappa shape index (κ1) is 18.0. The van der Waals surface area contributed by atoms with E-state index in [4.69, 9.17) is 0 Å². The van der Waals surface area contributed by atoms with Gasteiger partial charge in [0, 0.05) is 44.7 Å². The number of rotatable bonds is 6. The number of aromatic nitrogens is 2. The lowest BCUT2D eigenvalue weighted by Crippen LogP contribution is -2.39. The van der Waals surface area contributed by atoms with Crippen LogP contribution >= 0.6 is 0 Å². The van der Waals surface area contributed by atoms with Crippen LogP contribution in [0, 0.1) is 0 Å². The Kier molecular flexibility index (Phi) is 6.10. The van der Waals surface area contributed by atoms with Crippen molar-refractivity contribution in [2.24, 2.45) is 0 Å². The second-order valence-electron chi connectivity index (χ2n) is 7.33. The van der Waals surface area contributed by atoms with E-state index in [1.165, 1.54) is 18.4 Å². The fraction of sp³-hybridized carbons (Fsp3) is 0.737. The van der Waals surface area contributed by atoms with Crippen LogP contribution in [-0.4, -0.2) is 45.6 Å². The van der Waals surface area contributed by atoms with Gasteiger partial charge in [-0.2, -0.15) is 5.10 Å². The molecule has 1 saturated heterocycles. The molecule has 0 radical (unpaired) electrons. The highest BCUT2D eigenvalue weighted by Gasteiger charge is 2.25. The fourth-order valence-electron chi connectivity index (χ4n) is 3.97. The molecule has 0 aromatic carbocycles. The zero-order valence-electron chi connectivity index (χ0n) is 15.2. The molecular weight excluding hydrogens is 316 g/mol. The third-order valence-corrected chi connectivity index (χ3v) is 5.58. The molecular formula is C19H30N4O2. The van der Waals surface area contributed by atoms with Crippen molar-refractivity contribution in [2.75, 3.05) is 13.1 Å². The van der Waals surface area contributed by atoms with Crippen molar-refractivity contribution < 1.29 is 9.59 Å². The molecule has 1 aromatic rings. The topological polar surface area (TPSA) is 67.2 Å². The minimum Gasteiger partial charge on any atom is -0.353 e. The normalized spacial score (nSPS) is 19.3. The lowest BCUT2D eigenvalue weighted by atomic mass is 9.91. The van der Waals surface area contributed by atoms with E-state index < -0.39 is 0 Å². The number of amides is 2. The summed E-state index contributed by atoms with van der Waals surface area (Å²) in [6, 6.07) is 0.336. The maximum atomic E-state index is 12.4. The Morgan fingerprint density at radius 3 is 2.52 bits per heavy atom. The Labute approximate surface area is 149 Å². The zero-order valence-corrected chi connectivity index (χ0v) is 15.2. The van der Waals surface area contributed by atoms with E-state index >= 15 is 0 Å². The van der Waals surface area contributed by atoms with Gasteiger partial charge in [0.05, 0.1) is 6.20 Å². The minimum absolute atomic E-state index is 0.0297. The molecule has 0 unspecified atom stereocenters. The van der Waals surface area contributed by atoms with Crippen LogP contribution in [0.3, 0.4) is 0 Å². The summed E-state index contributed by atoms with van der Waals surface area (Å²) in [6.07, 6.45) is 11.3. The number of likely N-dealkylation sites (tertiary alicyclic amines) is 1. The highest BCUT2D eigenvalue weighted by molar-refractivity contribution is 5.84. The molecule has 3 rings (SSSR count). The Morgan fingerprint density at radius 1 is 1.16 bits per heavy atom. The average Bonchev–Trinajstić information content (AvgIpc) is 3.31. The summed E-state index contributed by atoms with van der Waals surface area (Å²) in [4.78, 5) is 26.2. The van der Waals surface area contributed by atoms with Gasteiger partial charge in [-0.05, 0) is 44.1 Å². The minimum atomic E-state index is 0.0297. The number of piperidine rings is 1. The van der Waals surface area contributed by atoms with E-state index in [2.05, 4.69) is 23.5 Å². The lowest BCUT2D eigenvalue weighted by Gasteiger charge is -2.31. The van der Waals surface area contributed by atoms with E-state index in [1.54, 1.807) is 0 Å². The van der Waals surface area contributed by atoms with Crippen LogP contribution in [0.2, 0.25) is 0 Å². The van der Waals surface area contributed by atoms with Gasteiger partial charge in [-0.25, -0.2) is 0 Å². The standard InChI is InChI=1S/C19H30N4O2/c1-2-23-14-16(13-20-23)15-9-11-22(12-10-15)19(25)8-7-18(24)21-17-5-3-4-6-17/h13-15,17H,2-12H2,1H3,(H,21,24). The SMILES string of the molecule is CCn1cc(C2CCN(C(=O)CCC(=O)NC3CCCC3)CC2)cn1. The van der Waals surface area contributed by atoms with Crippen molar-refractivity contribution in [3.63, 3.8) is 0 Å². The monoisotopic (exact) mass is 346 g/mol. The van der Waals surface area contributed by atoms with E-state index in [0.717, 1.165) is 45.3 Å². The van der Waals surface area contributed by atoms with Crippen LogP contribution in [0.25, 0.3) is 0 Å². The number of hydrogen-bond acceptors (Lipinski definition) is 3. The highest BCUT2D eigenvalue weighted by atomic mass is 16.2. The third kappa shape index (κ3) is 4.83. The predicted octanol–water partition coefficient (Wildman–Crippen LogP) is 2.45. The molecule has 1 saturated carbocycles. The molecule has 1 N–H and O–H groups in total. The second kappa shape index (κ2) is 8.50. The van der Waals surface area contributed by atoms with Crippen molar-refractivity contribution in [2.45, 2.75) is 76.8 Å². The van der Waals surface area contributed by atoms with Gasteiger partial charge in [0.2, 0.25) is 11.8 Å². The summed E-state index contributed by atoms with van der Waals surface area (Å²) in [6.45, 7) is 4.54. The van der Waals surface area contributed by atoms with Crippen LogP contribution in [0.1, 0.15) is 69.8 Å². The number of carbonyl (C=O) groups is 2. The molecule has 0 atom stereocenters. The van der Waals surface area contributed by atoms with Gasteiger partial charge in [0.25, 0.3) is 0 Å². The zero-order chi connectivity index (χ0) is 17.6. The Balaban J connectivity index is 1.38. The van der Waals surface area contributed by atoms with E-state index in [0.29, 0.717) is 24.8 Å². The van der Waals surface area contributed by atoms with E-state index in [9.17, 15) is 9.59 Å². The molecule has 0 bridgehead atoms. The van der Waals surface area contributed by atoms with Gasteiger partial charge in [0.1, 0.15) is 0 Å².